The van der Waals surface area contributed by atoms with E-state index in [1.54, 1.807) is 7.11 Å². The molecule has 23 heavy (non-hydrogen) atoms. The highest BCUT2D eigenvalue weighted by atomic mass is 16.5. The van der Waals surface area contributed by atoms with E-state index in [2.05, 4.69) is 49.4 Å². The Kier molecular flexibility index (Phi) is 3.23. The van der Waals surface area contributed by atoms with Crippen molar-refractivity contribution >= 4 is 21.7 Å². The molecule has 0 N–H and O–H groups in total. The summed E-state index contributed by atoms with van der Waals surface area (Å²) in [5.41, 5.74) is 4.38. The molecule has 0 aliphatic rings. The standard InChI is InChI=1S/C21H17NO/c1-14-8-11-20-18(12-14)17-10-9-16(23-2)13-19(17)21(22-20)15-6-4-3-5-7-15/h3-13H,1-2H3. The summed E-state index contributed by atoms with van der Waals surface area (Å²) < 4.78 is 5.42. The highest BCUT2D eigenvalue weighted by molar-refractivity contribution is 6.11. The molecule has 0 atom stereocenters. The topological polar surface area (TPSA) is 22.1 Å². The van der Waals surface area contributed by atoms with Gasteiger partial charge in [-0.2, -0.15) is 0 Å². The van der Waals surface area contributed by atoms with Crippen LogP contribution in [0.5, 0.6) is 5.75 Å². The molecular weight excluding hydrogens is 282 g/mol. The molecule has 4 aromatic rings. The minimum atomic E-state index is 0.850. The molecule has 0 saturated carbocycles. The second-order valence-electron chi connectivity index (χ2n) is 5.76. The maximum absolute atomic E-state index is 5.42. The van der Waals surface area contributed by atoms with Crippen molar-refractivity contribution in [2.24, 2.45) is 0 Å². The number of aryl methyl sites for hydroxylation is 1. The van der Waals surface area contributed by atoms with Gasteiger partial charge >= 0.3 is 0 Å². The maximum Gasteiger partial charge on any atom is 0.119 e. The average molecular weight is 299 g/mol. The monoisotopic (exact) mass is 299 g/mol. The van der Waals surface area contributed by atoms with Crippen LogP contribution in [0.1, 0.15) is 5.56 Å². The Balaban J connectivity index is 2.16. The zero-order valence-electron chi connectivity index (χ0n) is 13.2. The lowest BCUT2D eigenvalue weighted by molar-refractivity contribution is 0.415. The molecule has 2 heteroatoms. The highest BCUT2D eigenvalue weighted by Gasteiger charge is 2.11. The van der Waals surface area contributed by atoms with Gasteiger partial charge in [0.1, 0.15) is 5.75 Å². The van der Waals surface area contributed by atoms with Crippen molar-refractivity contribution in [1.82, 2.24) is 4.98 Å². The molecule has 1 aromatic heterocycles. The third kappa shape index (κ3) is 2.33. The van der Waals surface area contributed by atoms with Crippen LogP contribution in [0, 0.1) is 6.92 Å². The highest BCUT2D eigenvalue weighted by Crippen LogP contribution is 2.34. The van der Waals surface area contributed by atoms with Crippen LogP contribution in [0.25, 0.3) is 32.9 Å². The lowest BCUT2D eigenvalue weighted by atomic mass is 9.99. The average Bonchev–Trinajstić information content (AvgIpc) is 2.61. The van der Waals surface area contributed by atoms with Gasteiger partial charge < -0.3 is 4.74 Å². The van der Waals surface area contributed by atoms with Crippen molar-refractivity contribution in [3.8, 4) is 17.0 Å². The van der Waals surface area contributed by atoms with Crippen LogP contribution in [-0.2, 0) is 0 Å². The summed E-state index contributed by atoms with van der Waals surface area (Å²) in [5, 5.41) is 3.51. The number of benzene rings is 3. The molecule has 112 valence electrons. The molecule has 3 aromatic carbocycles. The minimum absolute atomic E-state index is 0.850. The van der Waals surface area contributed by atoms with E-state index in [0.717, 1.165) is 27.9 Å². The van der Waals surface area contributed by atoms with Crippen LogP contribution in [0.3, 0.4) is 0 Å². The molecule has 4 rings (SSSR count). The van der Waals surface area contributed by atoms with Crippen LogP contribution >= 0.6 is 0 Å². The van der Waals surface area contributed by atoms with E-state index in [1.165, 1.54) is 16.3 Å². The van der Waals surface area contributed by atoms with Gasteiger partial charge in [0.05, 0.1) is 18.3 Å². The number of rotatable bonds is 2. The Labute approximate surface area is 135 Å². The molecule has 0 bridgehead atoms. The second kappa shape index (κ2) is 5.40. The first kappa shape index (κ1) is 13.8. The first-order chi connectivity index (χ1) is 11.3. The lowest BCUT2D eigenvalue weighted by Gasteiger charge is -2.12. The van der Waals surface area contributed by atoms with Crippen molar-refractivity contribution in [3.05, 3.63) is 72.3 Å². The molecular formula is C21H17NO. The number of fused-ring (bicyclic) bond motifs is 3. The fourth-order valence-corrected chi connectivity index (χ4v) is 3.04. The quantitative estimate of drug-likeness (QED) is 0.464. The minimum Gasteiger partial charge on any atom is -0.497 e. The fourth-order valence-electron chi connectivity index (χ4n) is 3.04. The first-order valence-electron chi connectivity index (χ1n) is 7.70. The molecule has 0 saturated heterocycles. The van der Waals surface area contributed by atoms with E-state index < -0.39 is 0 Å². The maximum atomic E-state index is 5.42. The van der Waals surface area contributed by atoms with Crippen LogP contribution < -0.4 is 4.74 Å². The van der Waals surface area contributed by atoms with Gasteiger partial charge in [-0.1, -0.05) is 42.0 Å². The van der Waals surface area contributed by atoms with Crippen molar-refractivity contribution in [2.75, 3.05) is 7.11 Å². The van der Waals surface area contributed by atoms with E-state index in [9.17, 15) is 0 Å². The number of methoxy groups -OCH3 is 1. The van der Waals surface area contributed by atoms with E-state index in [-0.39, 0.29) is 0 Å². The zero-order valence-corrected chi connectivity index (χ0v) is 13.2. The normalized spacial score (nSPS) is 11.0. The van der Waals surface area contributed by atoms with Crippen molar-refractivity contribution in [3.63, 3.8) is 0 Å². The molecule has 0 aliphatic carbocycles. The van der Waals surface area contributed by atoms with Gasteiger partial charge in [0.15, 0.2) is 0 Å². The number of hydrogen-bond acceptors (Lipinski definition) is 2. The number of ether oxygens (including phenoxy) is 1. The summed E-state index contributed by atoms with van der Waals surface area (Å²) in [6, 6.07) is 22.9. The van der Waals surface area contributed by atoms with Gasteiger partial charge in [0.2, 0.25) is 0 Å². The number of nitrogens with zero attached hydrogens (tertiary/aromatic N) is 1. The van der Waals surface area contributed by atoms with E-state index in [4.69, 9.17) is 9.72 Å². The first-order valence-corrected chi connectivity index (χ1v) is 7.70. The van der Waals surface area contributed by atoms with Gasteiger partial charge in [-0.05, 0) is 42.6 Å². The lowest BCUT2D eigenvalue weighted by Crippen LogP contribution is -1.91. The Bertz CT molecular complexity index is 1010. The van der Waals surface area contributed by atoms with E-state index in [1.807, 2.05) is 24.3 Å². The van der Waals surface area contributed by atoms with Gasteiger partial charge in [0, 0.05) is 16.3 Å². The zero-order chi connectivity index (χ0) is 15.8. The van der Waals surface area contributed by atoms with Gasteiger partial charge in [-0.15, -0.1) is 0 Å². The summed E-state index contributed by atoms with van der Waals surface area (Å²) in [4.78, 5) is 4.93. The summed E-state index contributed by atoms with van der Waals surface area (Å²) in [6.45, 7) is 2.11. The van der Waals surface area contributed by atoms with Gasteiger partial charge in [0.25, 0.3) is 0 Å². The number of hydrogen-bond donors (Lipinski definition) is 0. The summed E-state index contributed by atoms with van der Waals surface area (Å²) in [6.07, 6.45) is 0. The summed E-state index contributed by atoms with van der Waals surface area (Å²) >= 11 is 0. The predicted octanol–water partition coefficient (Wildman–Crippen LogP) is 5.37. The Morgan fingerprint density at radius 3 is 2.39 bits per heavy atom. The van der Waals surface area contributed by atoms with Crippen LogP contribution in [0.4, 0.5) is 0 Å². The fraction of sp³-hybridized carbons (Fsp3) is 0.0952. The third-order valence-electron chi connectivity index (χ3n) is 4.20. The van der Waals surface area contributed by atoms with Gasteiger partial charge in [-0.3, -0.25) is 0 Å². The third-order valence-corrected chi connectivity index (χ3v) is 4.20. The van der Waals surface area contributed by atoms with Crippen LogP contribution in [-0.4, -0.2) is 12.1 Å². The summed E-state index contributed by atoms with van der Waals surface area (Å²) in [7, 11) is 1.70. The largest absolute Gasteiger partial charge is 0.497 e. The summed E-state index contributed by atoms with van der Waals surface area (Å²) in [5.74, 6) is 0.850. The SMILES string of the molecule is COc1ccc2c(c1)c(-c1ccccc1)nc1ccc(C)cc12. The van der Waals surface area contributed by atoms with E-state index >= 15 is 0 Å². The van der Waals surface area contributed by atoms with Crippen molar-refractivity contribution in [1.29, 1.82) is 0 Å². The van der Waals surface area contributed by atoms with Crippen LogP contribution in [0.2, 0.25) is 0 Å². The molecule has 0 amide bonds. The predicted molar refractivity (Wildman–Crippen MR) is 96.0 cm³/mol. The molecule has 0 radical (unpaired) electrons. The Morgan fingerprint density at radius 2 is 1.61 bits per heavy atom. The molecule has 0 fully saturated rings. The Hall–Kier alpha value is -2.87. The van der Waals surface area contributed by atoms with Crippen LogP contribution in [0.15, 0.2) is 66.7 Å². The number of pyridine rings is 1. The Morgan fingerprint density at radius 1 is 0.783 bits per heavy atom. The molecule has 0 unspecified atom stereocenters. The van der Waals surface area contributed by atoms with Crippen molar-refractivity contribution < 1.29 is 4.74 Å². The second-order valence-corrected chi connectivity index (χ2v) is 5.76. The molecule has 0 aliphatic heterocycles. The van der Waals surface area contributed by atoms with Gasteiger partial charge in [-0.25, -0.2) is 4.98 Å². The van der Waals surface area contributed by atoms with E-state index in [0.29, 0.717) is 0 Å². The smallest absolute Gasteiger partial charge is 0.119 e. The number of aromatic nitrogens is 1. The molecule has 1 heterocycles. The molecule has 0 spiro atoms. The molecule has 2 nitrogen and oxygen atoms in total. The van der Waals surface area contributed by atoms with Crippen molar-refractivity contribution in [2.45, 2.75) is 6.92 Å².